The zero-order valence-electron chi connectivity index (χ0n) is 8.46. The summed E-state index contributed by atoms with van der Waals surface area (Å²) in [4.78, 5) is 0. The van der Waals surface area contributed by atoms with Crippen molar-refractivity contribution in [3.05, 3.63) is 35.4 Å². The van der Waals surface area contributed by atoms with Crippen LogP contribution in [0.3, 0.4) is 0 Å². The Balaban J connectivity index is 3.10. The van der Waals surface area contributed by atoms with E-state index in [2.05, 4.69) is 25.1 Å². The maximum Gasteiger partial charge on any atom is 0.0766 e. The molecule has 0 heterocycles. The van der Waals surface area contributed by atoms with E-state index in [1.165, 1.54) is 5.56 Å². The van der Waals surface area contributed by atoms with Crippen LogP contribution in [0.1, 0.15) is 31.9 Å². The molecule has 68 valence electrons. The van der Waals surface area contributed by atoms with E-state index in [9.17, 15) is 0 Å². The lowest BCUT2D eigenvalue weighted by Gasteiger charge is -2.16. The number of nitriles is 1. The van der Waals surface area contributed by atoms with Crippen LogP contribution in [0.2, 0.25) is 0 Å². The zero-order chi connectivity index (χ0) is 9.90. The molecule has 13 heavy (non-hydrogen) atoms. The van der Waals surface area contributed by atoms with Crippen LogP contribution in [-0.4, -0.2) is 0 Å². The van der Waals surface area contributed by atoms with Crippen molar-refractivity contribution < 1.29 is 0 Å². The van der Waals surface area contributed by atoms with Crippen LogP contribution in [0.25, 0.3) is 0 Å². The van der Waals surface area contributed by atoms with E-state index >= 15 is 0 Å². The summed E-state index contributed by atoms with van der Waals surface area (Å²) in [6, 6.07) is 10.6. The maximum absolute atomic E-state index is 8.96. The molecule has 0 unspecified atom stereocenters. The van der Waals surface area contributed by atoms with Crippen LogP contribution in [0.15, 0.2) is 24.3 Å². The topological polar surface area (TPSA) is 23.8 Å². The Kier molecular flexibility index (Phi) is 2.72. The lowest BCUT2D eigenvalue weighted by atomic mass is 9.85. The fourth-order valence-electron chi connectivity index (χ4n) is 1.24. The van der Waals surface area contributed by atoms with E-state index in [1.54, 1.807) is 0 Å². The van der Waals surface area contributed by atoms with Gasteiger partial charge in [0.05, 0.1) is 11.5 Å². The van der Waals surface area contributed by atoms with E-state index in [4.69, 9.17) is 5.26 Å². The highest BCUT2D eigenvalue weighted by atomic mass is 14.3. The van der Waals surface area contributed by atoms with Gasteiger partial charge in [-0.2, -0.15) is 5.26 Å². The summed E-state index contributed by atoms with van der Waals surface area (Å²) in [6.45, 7) is 6.02. The second kappa shape index (κ2) is 3.62. The fourth-order valence-corrected chi connectivity index (χ4v) is 1.24. The van der Waals surface area contributed by atoms with Crippen LogP contribution in [-0.2, 0) is 11.8 Å². The monoisotopic (exact) mass is 173 g/mol. The molecule has 0 aliphatic rings. The van der Waals surface area contributed by atoms with Gasteiger partial charge >= 0.3 is 0 Å². The van der Waals surface area contributed by atoms with Gasteiger partial charge in [-0.25, -0.2) is 0 Å². The normalized spacial score (nSPS) is 10.9. The fraction of sp³-hybridized carbons (Fsp3) is 0.417. The molecular weight excluding hydrogens is 158 g/mol. The third kappa shape index (κ3) is 2.09. The largest absolute Gasteiger partial charge is 0.197 e. The molecule has 1 aromatic carbocycles. The van der Waals surface area contributed by atoms with Crippen molar-refractivity contribution in [2.24, 2.45) is 0 Å². The number of benzene rings is 1. The van der Waals surface area contributed by atoms with Gasteiger partial charge in [-0.15, -0.1) is 0 Å². The van der Waals surface area contributed by atoms with Crippen LogP contribution in [0.5, 0.6) is 0 Å². The lowest BCUT2D eigenvalue weighted by molar-refractivity contribution is 0.685. The Hall–Kier alpha value is -1.29. The number of nitrogens with zero attached hydrogens (tertiary/aromatic N) is 1. The van der Waals surface area contributed by atoms with Crippen molar-refractivity contribution in [3.8, 4) is 6.07 Å². The van der Waals surface area contributed by atoms with Crippen LogP contribution >= 0.6 is 0 Å². The van der Waals surface area contributed by atoms with Gasteiger partial charge in [-0.1, -0.05) is 31.2 Å². The van der Waals surface area contributed by atoms with Crippen molar-refractivity contribution in [2.75, 3.05) is 0 Å². The molecule has 0 saturated heterocycles. The molecule has 1 nitrogen and oxygen atoms in total. The van der Waals surface area contributed by atoms with Crippen LogP contribution < -0.4 is 0 Å². The average molecular weight is 173 g/mol. The van der Waals surface area contributed by atoms with Crippen molar-refractivity contribution in [1.82, 2.24) is 0 Å². The summed E-state index contributed by atoms with van der Waals surface area (Å²) in [5.74, 6) is 0. The number of rotatable bonds is 2. The summed E-state index contributed by atoms with van der Waals surface area (Å²) in [5.41, 5.74) is 2.03. The Labute approximate surface area is 80.0 Å². The molecule has 0 bridgehead atoms. The highest BCUT2D eigenvalue weighted by Crippen LogP contribution is 2.22. The molecule has 0 aromatic heterocycles. The molecule has 0 aliphatic heterocycles. The first kappa shape index (κ1) is 9.80. The lowest BCUT2D eigenvalue weighted by Crippen LogP contribution is -2.13. The first-order valence-corrected chi connectivity index (χ1v) is 4.61. The molecule has 0 radical (unpaired) electrons. The quantitative estimate of drug-likeness (QED) is 0.674. The molecule has 0 N–H and O–H groups in total. The Morgan fingerprint density at radius 3 is 2.62 bits per heavy atom. The standard InChI is InChI=1S/C12H15N/c1-4-10-6-5-7-11(8-10)12(2,3)9-13/h5-8H,4H2,1-3H3. The van der Waals surface area contributed by atoms with Gasteiger partial charge in [0.1, 0.15) is 0 Å². The molecule has 0 aliphatic carbocycles. The van der Waals surface area contributed by atoms with E-state index in [1.807, 2.05) is 26.0 Å². The minimum atomic E-state index is -0.370. The zero-order valence-corrected chi connectivity index (χ0v) is 8.46. The molecule has 0 spiro atoms. The predicted octanol–water partition coefficient (Wildman–Crippen LogP) is 3.05. The molecule has 0 saturated carbocycles. The summed E-state index contributed by atoms with van der Waals surface area (Å²) in [7, 11) is 0. The molecule has 0 atom stereocenters. The van der Waals surface area contributed by atoms with Gasteiger partial charge in [-0.3, -0.25) is 0 Å². The smallest absolute Gasteiger partial charge is 0.0766 e. The molecule has 0 fully saturated rings. The first-order chi connectivity index (χ1) is 6.10. The minimum Gasteiger partial charge on any atom is -0.197 e. The maximum atomic E-state index is 8.96. The van der Waals surface area contributed by atoms with Crippen molar-refractivity contribution in [1.29, 1.82) is 5.26 Å². The van der Waals surface area contributed by atoms with Gasteiger partial charge in [0.2, 0.25) is 0 Å². The van der Waals surface area contributed by atoms with Gasteiger partial charge < -0.3 is 0 Å². The van der Waals surface area contributed by atoms with E-state index in [0.29, 0.717) is 0 Å². The van der Waals surface area contributed by atoms with Gasteiger partial charge in [-0.05, 0) is 31.4 Å². The third-order valence-electron chi connectivity index (χ3n) is 2.34. The van der Waals surface area contributed by atoms with Crippen molar-refractivity contribution in [3.63, 3.8) is 0 Å². The predicted molar refractivity (Wildman–Crippen MR) is 54.5 cm³/mol. The van der Waals surface area contributed by atoms with Crippen LogP contribution in [0, 0.1) is 11.3 Å². The second-order valence-electron chi connectivity index (χ2n) is 3.79. The summed E-state index contributed by atoms with van der Waals surface area (Å²) < 4.78 is 0. The van der Waals surface area contributed by atoms with Gasteiger partial charge in [0, 0.05) is 0 Å². The Bertz CT molecular complexity index is 331. The molecule has 1 rings (SSSR count). The molecular formula is C12H15N. The summed E-state index contributed by atoms with van der Waals surface area (Å²) in [6.07, 6.45) is 1.02. The van der Waals surface area contributed by atoms with E-state index < -0.39 is 0 Å². The van der Waals surface area contributed by atoms with Gasteiger partial charge in [0.25, 0.3) is 0 Å². The first-order valence-electron chi connectivity index (χ1n) is 4.61. The molecule has 1 heteroatoms. The minimum absolute atomic E-state index is 0.370. The summed E-state index contributed by atoms with van der Waals surface area (Å²) >= 11 is 0. The van der Waals surface area contributed by atoms with E-state index in [0.717, 1.165) is 12.0 Å². The second-order valence-corrected chi connectivity index (χ2v) is 3.79. The van der Waals surface area contributed by atoms with E-state index in [-0.39, 0.29) is 5.41 Å². The van der Waals surface area contributed by atoms with Crippen LogP contribution in [0.4, 0.5) is 0 Å². The van der Waals surface area contributed by atoms with Gasteiger partial charge in [0.15, 0.2) is 0 Å². The Morgan fingerprint density at radius 2 is 2.08 bits per heavy atom. The van der Waals surface area contributed by atoms with Crippen molar-refractivity contribution >= 4 is 0 Å². The summed E-state index contributed by atoms with van der Waals surface area (Å²) in [5, 5.41) is 8.96. The number of hydrogen-bond acceptors (Lipinski definition) is 1. The SMILES string of the molecule is CCc1cccc(C(C)(C)C#N)c1. The number of aryl methyl sites for hydroxylation is 1. The number of hydrogen-bond donors (Lipinski definition) is 0. The van der Waals surface area contributed by atoms with Crippen molar-refractivity contribution in [2.45, 2.75) is 32.6 Å². The highest BCUT2D eigenvalue weighted by molar-refractivity contribution is 5.33. The Morgan fingerprint density at radius 1 is 1.38 bits per heavy atom. The molecule has 0 amide bonds. The molecule has 1 aromatic rings. The average Bonchev–Trinajstić information content (AvgIpc) is 2.18. The third-order valence-corrected chi connectivity index (χ3v) is 2.34. The highest BCUT2D eigenvalue weighted by Gasteiger charge is 2.19.